The Labute approximate surface area is 97.4 Å². The molecule has 3 nitrogen and oxygen atoms in total. The van der Waals surface area contributed by atoms with Crippen LogP contribution in [-0.2, 0) is 0 Å². The molecular formula is C11H12FN3S. The summed E-state index contributed by atoms with van der Waals surface area (Å²) < 4.78 is 12.7. The van der Waals surface area contributed by atoms with E-state index in [1.165, 1.54) is 12.3 Å². The van der Waals surface area contributed by atoms with Crippen molar-refractivity contribution >= 4 is 11.3 Å². The van der Waals surface area contributed by atoms with E-state index in [1.54, 1.807) is 17.4 Å². The maximum absolute atomic E-state index is 12.7. The first kappa shape index (κ1) is 11.2. The van der Waals surface area contributed by atoms with Crippen molar-refractivity contribution in [2.24, 2.45) is 0 Å². The van der Waals surface area contributed by atoms with E-state index >= 15 is 0 Å². The van der Waals surface area contributed by atoms with Crippen LogP contribution in [0, 0.1) is 5.82 Å². The van der Waals surface area contributed by atoms with Crippen LogP contribution < -0.4 is 5.32 Å². The fraction of sp³-hybridized carbons (Fsp3) is 0.273. The predicted molar refractivity (Wildman–Crippen MR) is 62.8 cm³/mol. The van der Waals surface area contributed by atoms with Crippen LogP contribution in [0.3, 0.4) is 0 Å². The highest BCUT2D eigenvalue weighted by molar-refractivity contribution is 7.15. The van der Waals surface area contributed by atoms with E-state index < -0.39 is 0 Å². The fourth-order valence-electron chi connectivity index (χ4n) is 1.25. The van der Waals surface area contributed by atoms with Gasteiger partial charge in [0, 0.05) is 17.1 Å². The minimum absolute atomic E-state index is 0.270. The average molecular weight is 237 g/mol. The first-order valence-corrected chi connectivity index (χ1v) is 5.77. The van der Waals surface area contributed by atoms with Crippen molar-refractivity contribution in [3.8, 4) is 10.7 Å². The molecule has 2 rings (SSSR count). The van der Waals surface area contributed by atoms with Gasteiger partial charge in [0.15, 0.2) is 0 Å². The Bertz CT molecular complexity index is 466. The van der Waals surface area contributed by atoms with Gasteiger partial charge in [0.2, 0.25) is 0 Å². The molecule has 0 saturated heterocycles. The van der Waals surface area contributed by atoms with Gasteiger partial charge < -0.3 is 5.32 Å². The lowest BCUT2D eigenvalue weighted by Crippen LogP contribution is -2.10. The smallest absolute Gasteiger partial charge is 0.142 e. The SMILES string of the molecule is CNC(C)c1cnc(-c2ccc(F)cn2)s1. The fourth-order valence-corrected chi connectivity index (χ4v) is 2.20. The number of nitrogens with one attached hydrogen (secondary N) is 1. The van der Waals surface area contributed by atoms with Gasteiger partial charge in [-0.1, -0.05) is 0 Å². The van der Waals surface area contributed by atoms with Crippen molar-refractivity contribution in [2.75, 3.05) is 7.05 Å². The first-order valence-electron chi connectivity index (χ1n) is 4.95. The standard InChI is InChI=1S/C11H12FN3S/c1-7(13-2)10-6-15-11(16-10)9-4-3-8(12)5-14-9/h3-7,13H,1-2H3. The number of aromatic nitrogens is 2. The third kappa shape index (κ3) is 2.25. The number of hydrogen-bond acceptors (Lipinski definition) is 4. The van der Waals surface area contributed by atoms with Crippen LogP contribution in [0.4, 0.5) is 4.39 Å². The lowest BCUT2D eigenvalue weighted by Gasteiger charge is -2.04. The quantitative estimate of drug-likeness (QED) is 0.891. The normalized spacial score (nSPS) is 12.7. The molecule has 2 aromatic rings. The van der Waals surface area contributed by atoms with Crippen LogP contribution in [0.15, 0.2) is 24.5 Å². The molecule has 0 spiro atoms. The molecule has 0 aromatic carbocycles. The molecule has 0 aliphatic heterocycles. The minimum atomic E-state index is -0.330. The molecule has 0 bridgehead atoms. The van der Waals surface area contributed by atoms with Gasteiger partial charge in [0.1, 0.15) is 10.8 Å². The van der Waals surface area contributed by atoms with E-state index in [0.717, 1.165) is 9.88 Å². The average Bonchev–Trinajstić information content (AvgIpc) is 2.78. The maximum Gasteiger partial charge on any atom is 0.142 e. The molecule has 2 aromatic heterocycles. The van der Waals surface area contributed by atoms with Gasteiger partial charge in [-0.05, 0) is 26.1 Å². The van der Waals surface area contributed by atoms with Gasteiger partial charge in [0.25, 0.3) is 0 Å². The molecule has 0 saturated carbocycles. The summed E-state index contributed by atoms with van der Waals surface area (Å²) in [5, 5.41) is 3.96. The molecule has 0 amide bonds. The topological polar surface area (TPSA) is 37.8 Å². The first-order chi connectivity index (χ1) is 7.70. The van der Waals surface area contributed by atoms with Crippen molar-refractivity contribution < 1.29 is 4.39 Å². The van der Waals surface area contributed by atoms with Crippen molar-refractivity contribution in [1.29, 1.82) is 0 Å². The predicted octanol–water partition coefficient (Wildman–Crippen LogP) is 2.62. The Morgan fingerprint density at radius 3 is 2.75 bits per heavy atom. The summed E-state index contributed by atoms with van der Waals surface area (Å²) in [5.74, 6) is -0.330. The minimum Gasteiger partial charge on any atom is -0.312 e. The summed E-state index contributed by atoms with van der Waals surface area (Å²) in [6.07, 6.45) is 3.03. The van der Waals surface area contributed by atoms with Gasteiger partial charge in [-0.15, -0.1) is 11.3 Å². The number of pyridine rings is 1. The molecule has 16 heavy (non-hydrogen) atoms. The molecule has 2 heterocycles. The van der Waals surface area contributed by atoms with Crippen molar-refractivity contribution in [1.82, 2.24) is 15.3 Å². The Kier molecular flexibility index (Phi) is 3.26. The molecule has 0 radical (unpaired) electrons. The van der Waals surface area contributed by atoms with E-state index in [1.807, 2.05) is 13.2 Å². The zero-order valence-electron chi connectivity index (χ0n) is 9.07. The Hall–Kier alpha value is -1.33. The van der Waals surface area contributed by atoms with Gasteiger partial charge in [-0.3, -0.25) is 4.98 Å². The zero-order chi connectivity index (χ0) is 11.5. The van der Waals surface area contributed by atoms with E-state index in [9.17, 15) is 4.39 Å². The van der Waals surface area contributed by atoms with Gasteiger partial charge in [-0.2, -0.15) is 0 Å². The van der Waals surface area contributed by atoms with E-state index in [0.29, 0.717) is 5.69 Å². The third-order valence-corrected chi connectivity index (χ3v) is 3.53. The largest absolute Gasteiger partial charge is 0.312 e. The summed E-state index contributed by atoms with van der Waals surface area (Å²) in [5.41, 5.74) is 0.709. The van der Waals surface area contributed by atoms with Crippen LogP contribution in [0.5, 0.6) is 0 Å². The summed E-state index contributed by atoms with van der Waals surface area (Å²) in [4.78, 5) is 9.42. The Morgan fingerprint density at radius 2 is 2.12 bits per heavy atom. The Morgan fingerprint density at radius 1 is 1.31 bits per heavy atom. The second-order valence-corrected chi connectivity index (χ2v) is 4.50. The monoisotopic (exact) mass is 237 g/mol. The molecule has 84 valence electrons. The molecule has 5 heteroatoms. The molecular weight excluding hydrogens is 225 g/mol. The molecule has 0 aliphatic rings. The second-order valence-electron chi connectivity index (χ2n) is 3.44. The molecule has 0 aliphatic carbocycles. The maximum atomic E-state index is 12.7. The molecule has 1 atom stereocenters. The number of halogens is 1. The van der Waals surface area contributed by atoms with Gasteiger partial charge in [-0.25, -0.2) is 9.37 Å². The summed E-state index contributed by atoms with van der Waals surface area (Å²) in [6, 6.07) is 3.30. The second kappa shape index (κ2) is 4.67. The van der Waals surface area contributed by atoms with Crippen molar-refractivity contribution in [3.63, 3.8) is 0 Å². The van der Waals surface area contributed by atoms with Crippen LogP contribution in [0.1, 0.15) is 17.8 Å². The lowest BCUT2D eigenvalue weighted by molar-refractivity contribution is 0.622. The highest BCUT2D eigenvalue weighted by Gasteiger charge is 2.09. The van der Waals surface area contributed by atoms with Crippen LogP contribution >= 0.6 is 11.3 Å². The Balaban J connectivity index is 2.28. The van der Waals surface area contributed by atoms with Gasteiger partial charge in [0.05, 0.1) is 11.9 Å². The molecule has 1 unspecified atom stereocenters. The van der Waals surface area contributed by atoms with Crippen molar-refractivity contribution in [2.45, 2.75) is 13.0 Å². The highest BCUT2D eigenvalue weighted by Crippen LogP contribution is 2.27. The van der Waals surface area contributed by atoms with E-state index in [4.69, 9.17) is 0 Å². The van der Waals surface area contributed by atoms with Gasteiger partial charge >= 0.3 is 0 Å². The third-order valence-electron chi connectivity index (χ3n) is 2.33. The van der Waals surface area contributed by atoms with Crippen LogP contribution in [-0.4, -0.2) is 17.0 Å². The summed E-state index contributed by atoms with van der Waals surface area (Å²) in [6.45, 7) is 2.06. The van der Waals surface area contributed by atoms with E-state index in [2.05, 4.69) is 22.2 Å². The zero-order valence-corrected chi connectivity index (χ0v) is 9.88. The number of hydrogen-bond donors (Lipinski definition) is 1. The highest BCUT2D eigenvalue weighted by atomic mass is 32.1. The number of rotatable bonds is 3. The van der Waals surface area contributed by atoms with Crippen LogP contribution in [0.2, 0.25) is 0 Å². The van der Waals surface area contributed by atoms with Crippen molar-refractivity contribution in [3.05, 3.63) is 35.2 Å². The number of thiazole rings is 1. The lowest BCUT2D eigenvalue weighted by atomic mass is 10.3. The summed E-state index contributed by atoms with van der Waals surface area (Å²) >= 11 is 1.57. The van der Waals surface area contributed by atoms with E-state index in [-0.39, 0.29) is 11.9 Å². The molecule has 1 N–H and O–H groups in total. The van der Waals surface area contributed by atoms with Crippen LogP contribution in [0.25, 0.3) is 10.7 Å². The molecule has 0 fully saturated rings. The summed E-state index contributed by atoms with van der Waals surface area (Å²) in [7, 11) is 1.90. The number of nitrogens with zero attached hydrogens (tertiary/aromatic N) is 2.